The van der Waals surface area contributed by atoms with E-state index in [-0.39, 0.29) is 5.91 Å². The van der Waals surface area contributed by atoms with Crippen molar-refractivity contribution in [3.05, 3.63) is 47.3 Å². The molecule has 124 valence electrons. The Balaban J connectivity index is 1.64. The molecule has 0 fully saturated rings. The molecule has 5 nitrogen and oxygen atoms in total. The lowest BCUT2D eigenvalue weighted by Gasteiger charge is -2.19. The number of para-hydroxylation sites is 1. The van der Waals surface area contributed by atoms with Crippen LogP contribution in [0.2, 0.25) is 0 Å². The molecule has 1 amide bonds. The van der Waals surface area contributed by atoms with E-state index in [0.29, 0.717) is 12.3 Å². The highest BCUT2D eigenvalue weighted by Crippen LogP contribution is 2.19. The third kappa shape index (κ3) is 5.32. The van der Waals surface area contributed by atoms with E-state index in [0.717, 1.165) is 35.0 Å². The van der Waals surface area contributed by atoms with Crippen molar-refractivity contribution in [1.82, 2.24) is 10.5 Å². The molecule has 0 saturated heterocycles. The second-order valence-corrected chi connectivity index (χ2v) is 6.39. The van der Waals surface area contributed by atoms with Gasteiger partial charge >= 0.3 is 0 Å². The van der Waals surface area contributed by atoms with Gasteiger partial charge in [0.05, 0.1) is 11.4 Å². The predicted molar refractivity (Wildman–Crippen MR) is 94.9 cm³/mol. The van der Waals surface area contributed by atoms with Crippen molar-refractivity contribution in [3.63, 3.8) is 0 Å². The third-order valence-corrected chi connectivity index (χ3v) is 4.59. The largest absolute Gasteiger partial charge is 0.373 e. The number of rotatable bonds is 8. The maximum absolute atomic E-state index is 11.9. The van der Waals surface area contributed by atoms with Gasteiger partial charge in [0.25, 0.3) is 0 Å². The quantitative estimate of drug-likeness (QED) is 0.805. The van der Waals surface area contributed by atoms with Crippen LogP contribution in [-0.2, 0) is 10.5 Å². The zero-order valence-corrected chi connectivity index (χ0v) is 14.7. The topological polar surface area (TPSA) is 58.4 Å². The molecule has 1 heterocycles. The van der Waals surface area contributed by atoms with Gasteiger partial charge in [0.2, 0.25) is 5.91 Å². The summed E-state index contributed by atoms with van der Waals surface area (Å²) in [6.07, 6.45) is 0. The summed E-state index contributed by atoms with van der Waals surface area (Å²) in [5, 5.41) is 6.87. The molecule has 0 radical (unpaired) electrons. The van der Waals surface area contributed by atoms with Gasteiger partial charge in [-0.25, -0.2) is 0 Å². The first-order chi connectivity index (χ1) is 11.1. The summed E-state index contributed by atoms with van der Waals surface area (Å²) >= 11 is 1.58. The molecule has 0 atom stereocenters. The van der Waals surface area contributed by atoms with Crippen molar-refractivity contribution in [2.45, 2.75) is 19.6 Å². The summed E-state index contributed by atoms with van der Waals surface area (Å²) in [7, 11) is 2.02. The standard InChI is InChI=1S/C17H23N3O2S/c1-13-16(14(2)22-19-13)11-23-12-17(21)18-9-10-20(3)15-7-5-4-6-8-15/h4-8H,9-12H2,1-3H3,(H,18,21). The molecule has 6 heteroatoms. The van der Waals surface area contributed by atoms with E-state index in [9.17, 15) is 4.79 Å². The number of carbonyl (C=O) groups excluding carboxylic acids is 1. The third-order valence-electron chi connectivity index (χ3n) is 3.63. The van der Waals surface area contributed by atoms with Gasteiger partial charge in [0, 0.05) is 37.1 Å². The highest BCUT2D eigenvalue weighted by Gasteiger charge is 2.10. The average Bonchev–Trinajstić information content (AvgIpc) is 2.87. The first-order valence-corrected chi connectivity index (χ1v) is 8.75. The van der Waals surface area contributed by atoms with E-state index in [4.69, 9.17) is 4.52 Å². The Morgan fingerprint density at radius 2 is 2.04 bits per heavy atom. The minimum absolute atomic E-state index is 0.0585. The molecule has 23 heavy (non-hydrogen) atoms. The lowest BCUT2D eigenvalue weighted by Crippen LogP contribution is -2.33. The van der Waals surface area contributed by atoms with Crippen molar-refractivity contribution in [2.24, 2.45) is 0 Å². The van der Waals surface area contributed by atoms with Crippen LogP contribution in [0.1, 0.15) is 17.0 Å². The van der Waals surface area contributed by atoms with Crippen LogP contribution in [0, 0.1) is 13.8 Å². The normalized spacial score (nSPS) is 10.6. The summed E-state index contributed by atoms with van der Waals surface area (Å²) in [5.41, 5.74) is 3.14. The fourth-order valence-corrected chi connectivity index (χ4v) is 3.19. The summed E-state index contributed by atoms with van der Waals surface area (Å²) in [4.78, 5) is 14.0. The number of amides is 1. The average molecular weight is 333 g/mol. The zero-order valence-electron chi connectivity index (χ0n) is 13.8. The molecule has 0 unspecified atom stereocenters. The SMILES string of the molecule is Cc1noc(C)c1CSCC(=O)NCCN(C)c1ccccc1. The number of hydrogen-bond acceptors (Lipinski definition) is 5. The predicted octanol–water partition coefficient (Wildman–Crippen LogP) is 2.78. The molecule has 1 N–H and O–H groups in total. The minimum atomic E-state index is 0.0585. The number of nitrogens with zero attached hydrogens (tertiary/aromatic N) is 2. The minimum Gasteiger partial charge on any atom is -0.373 e. The zero-order chi connectivity index (χ0) is 16.7. The van der Waals surface area contributed by atoms with Gasteiger partial charge in [-0.2, -0.15) is 0 Å². The molecule has 0 aliphatic heterocycles. The van der Waals surface area contributed by atoms with Crippen LogP contribution < -0.4 is 10.2 Å². The van der Waals surface area contributed by atoms with Gasteiger partial charge in [-0.1, -0.05) is 23.4 Å². The number of aryl methyl sites for hydroxylation is 2. The molecule has 0 saturated carbocycles. The van der Waals surface area contributed by atoms with Crippen molar-refractivity contribution in [3.8, 4) is 0 Å². The van der Waals surface area contributed by atoms with Crippen molar-refractivity contribution < 1.29 is 9.32 Å². The lowest BCUT2D eigenvalue weighted by molar-refractivity contribution is -0.118. The van der Waals surface area contributed by atoms with Crippen LogP contribution >= 0.6 is 11.8 Å². The first kappa shape index (κ1) is 17.4. The molecule has 0 aliphatic rings. The van der Waals surface area contributed by atoms with Gasteiger partial charge in [0.1, 0.15) is 5.76 Å². The Labute approximate surface area is 141 Å². The maximum atomic E-state index is 11.9. The molecule has 1 aromatic carbocycles. The number of carbonyl (C=O) groups is 1. The maximum Gasteiger partial charge on any atom is 0.230 e. The number of thioether (sulfide) groups is 1. The fourth-order valence-electron chi connectivity index (χ4n) is 2.18. The number of anilines is 1. The van der Waals surface area contributed by atoms with Crippen LogP contribution in [0.4, 0.5) is 5.69 Å². The van der Waals surface area contributed by atoms with E-state index >= 15 is 0 Å². The highest BCUT2D eigenvalue weighted by atomic mass is 32.2. The van der Waals surface area contributed by atoms with E-state index in [1.165, 1.54) is 0 Å². The Bertz CT molecular complexity index is 609. The van der Waals surface area contributed by atoms with Crippen LogP contribution in [0.5, 0.6) is 0 Å². The second kappa shape index (κ2) is 8.62. The Kier molecular flexibility index (Phi) is 6.52. The van der Waals surface area contributed by atoms with E-state index < -0.39 is 0 Å². The van der Waals surface area contributed by atoms with Gasteiger partial charge in [-0.3, -0.25) is 4.79 Å². The smallest absolute Gasteiger partial charge is 0.230 e. The number of likely N-dealkylation sites (N-methyl/N-ethyl adjacent to an activating group) is 1. The summed E-state index contributed by atoms with van der Waals surface area (Å²) in [6, 6.07) is 10.1. The number of nitrogens with one attached hydrogen (secondary N) is 1. The summed E-state index contributed by atoms with van der Waals surface area (Å²) in [6.45, 7) is 5.24. The number of hydrogen-bond donors (Lipinski definition) is 1. The van der Waals surface area contributed by atoms with Crippen LogP contribution in [0.15, 0.2) is 34.9 Å². The highest BCUT2D eigenvalue weighted by molar-refractivity contribution is 7.99. The van der Waals surface area contributed by atoms with Crippen molar-refractivity contribution >= 4 is 23.4 Å². The van der Waals surface area contributed by atoms with Gasteiger partial charge in [-0.15, -0.1) is 11.8 Å². The molecule has 0 bridgehead atoms. The van der Waals surface area contributed by atoms with E-state index in [2.05, 4.69) is 27.5 Å². The Morgan fingerprint density at radius 1 is 1.30 bits per heavy atom. The van der Waals surface area contributed by atoms with Crippen molar-refractivity contribution in [1.29, 1.82) is 0 Å². The van der Waals surface area contributed by atoms with Crippen molar-refractivity contribution in [2.75, 3.05) is 30.8 Å². The van der Waals surface area contributed by atoms with Gasteiger partial charge in [-0.05, 0) is 26.0 Å². The molecule has 2 rings (SSSR count). The van der Waals surface area contributed by atoms with Crippen LogP contribution in [-0.4, -0.2) is 37.0 Å². The van der Waals surface area contributed by atoms with E-state index in [1.807, 2.05) is 39.1 Å². The first-order valence-electron chi connectivity index (χ1n) is 7.60. The lowest BCUT2D eigenvalue weighted by atomic mass is 10.2. The molecular weight excluding hydrogens is 310 g/mol. The number of benzene rings is 1. The molecule has 2 aromatic rings. The van der Waals surface area contributed by atoms with Crippen LogP contribution in [0.3, 0.4) is 0 Å². The molecule has 0 spiro atoms. The Hall–Kier alpha value is -1.95. The second-order valence-electron chi connectivity index (χ2n) is 5.40. The summed E-state index contributed by atoms with van der Waals surface area (Å²) in [5.74, 6) is 2.08. The monoisotopic (exact) mass is 333 g/mol. The molecule has 0 aliphatic carbocycles. The molecular formula is C17H23N3O2S. The van der Waals surface area contributed by atoms with Crippen LogP contribution in [0.25, 0.3) is 0 Å². The molecule has 1 aromatic heterocycles. The summed E-state index contributed by atoms with van der Waals surface area (Å²) < 4.78 is 5.12. The fraction of sp³-hybridized carbons (Fsp3) is 0.412. The van der Waals surface area contributed by atoms with E-state index in [1.54, 1.807) is 11.8 Å². The van der Waals surface area contributed by atoms with Gasteiger partial charge in [0.15, 0.2) is 0 Å². The Morgan fingerprint density at radius 3 is 2.70 bits per heavy atom. The van der Waals surface area contributed by atoms with Gasteiger partial charge < -0.3 is 14.7 Å². The number of aromatic nitrogens is 1.